The van der Waals surface area contributed by atoms with E-state index >= 15 is 0 Å². The molecule has 10 heteroatoms. The number of H-pyrrole nitrogens is 1. The van der Waals surface area contributed by atoms with Crippen LogP contribution in [0.15, 0.2) is 82.5 Å². The molecule has 0 bridgehead atoms. The van der Waals surface area contributed by atoms with E-state index in [2.05, 4.69) is 4.98 Å². The summed E-state index contributed by atoms with van der Waals surface area (Å²) in [5.41, 5.74) is 1.45. The van der Waals surface area contributed by atoms with Crippen LogP contribution in [-0.2, 0) is 27.8 Å². The summed E-state index contributed by atoms with van der Waals surface area (Å²) in [4.78, 5) is 27.9. The molecular weight excluding hydrogens is 508 g/mol. The summed E-state index contributed by atoms with van der Waals surface area (Å²) < 4.78 is 45.0. The molecule has 0 fully saturated rings. The van der Waals surface area contributed by atoms with Crippen molar-refractivity contribution in [2.75, 3.05) is 19.8 Å². The van der Waals surface area contributed by atoms with Gasteiger partial charge >= 0.3 is 5.97 Å². The Bertz CT molecular complexity index is 1630. The van der Waals surface area contributed by atoms with Crippen LogP contribution < -0.4 is 15.0 Å². The van der Waals surface area contributed by atoms with Crippen molar-refractivity contribution in [2.45, 2.75) is 24.9 Å². The van der Waals surface area contributed by atoms with Crippen molar-refractivity contribution in [1.29, 1.82) is 0 Å². The highest BCUT2D eigenvalue weighted by Crippen LogP contribution is 2.34. The molecule has 2 heterocycles. The summed E-state index contributed by atoms with van der Waals surface area (Å²) in [6.45, 7) is 2.63. The Morgan fingerprint density at radius 3 is 2.32 bits per heavy atom. The fourth-order valence-corrected chi connectivity index (χ4v) is 5.64. The van der Waals surface area contributed by atoms with Crippen LogP contribution in [0.2, 0.25) is 0 Å². The van der Waals surface area contributed by atoms with Gasteiger partial charge in [0.1, 0.15) is 13.2 Å². The minimum absolute atomic E-state index is 0.00156. The van der Waals surface area contributed by atoms with Gasteiger partial charge in [-0.05, 0) is 48.9 Å². The van der Waals surface area contributed by atoms with E-state index in [4.69, 9.17) is 14.2 Å². The molecular formula is C28H26N2O7S. The quantitative estimate of drug-likeness (QED) is 0.341. The molecule has 0 saturated heterocycles. The zero-order valence-electron chi connectivity index (χ0n) is 20.7. The van der Waals surface area contributed by atoms with Crippen LogP contribution in [0.5, 0.6) is 11.5 Å². The number of esters is 1. The number of carbonyl (C=O) groups is 1. The number of hydrogen-bond donors (Lipinski definition) is 1. The molecule has 0 unspecified atom stereocenters. The van der Waals surface area contributed by atoms with Crippen LogP contribution in [-0.4, -0.2) is 43.5 Å². The number of nitrogens with zero attached hydrogens (tertiary/aromatic N) is 1. The zero-order chi connectivity index (χ0) is 26.7. The van der Waals surface area contributed by atoms with Gasteiger partial charge in [0.15, 0.2) is 11.5 Å². The number of aromatic nitrogens is 1. The van der Waals surface area contributed by atoms with E-state index in [0.29, 0.717) is 35.6 Å². The van der Waals surface area contributed by atoms with E-state index in [1.807, 2.05) is 30.3 Å². The molecule has 1 aliphatic heterocycles. The van der Waals surface area contributed by atoms with Gasteiger partial charge in [0.25, 0.3) is 5.56 Å². The van der Waals surface area contributed by atoms with Gasteiger partial charge in [0.2, 0.25) is 10.0 Å². The lowest BCUT2D eigenvalue weighted by molar-refractivity contribution is 0.0526. The highest BCUT2D eigenvalue weighted by molar-refractivity contribution is 7.89. The molecule has 5 rings (SSSR count). The Morgan fingerprint density at radius 2 is 1.63 bits per heavy atom. The number of aromatic amines is 1. The Hall–Kier alpha value is -4.15. The fraction of sp³-hybridized carbons (Fsp3) is 0.214. The normalized spacial score (nSPS) is 13.0. The van der Waals surface area contributed by atoms with Crippen molar-refractivity contribution in [1.82, 2.24) is 9.29 Å². The summed E-state index contributed by atoms with van der Waals surface area (Å²) in [5, 5.41) is 0.694. The maximum absolute atomic E-state index is 13.8. The largest absolute Gasteiger partial charge is 0.486 e. The average molecular weight is 535 g/mol. The van der Waals surface area contributed by atoms with E-state index < -0.39 is 21.6 Å². The van der Waals surface area contributed by atoms with Crippen LogP contribution in [0.4, 0.5) is 0 Å². The van der Waals surface area contributed by atoms with Gasteiger partial charge in [-0.3, -0.25) is 4.79 Å². The number of benzene rings is 3. The third kappa shape index (κ3) is 5.27. The molecule has 3 aromatic carbocycles. The predicted molar refractivity (Wildman–Crippen MR) is 141 cm³/mol. The van der Waals surface area contributed by atoms with Crippen LogP contribution in [0.25, 0.3) is 10.9 Å². The Morgan fingerprint density at radius 1 is 0.947 bits per heavy atom. The number of rotatable bonds is 8. The summed E-state index contributed by atoms with van der Waals surface area (Å²) in [5.74, 6) is 0.584. The van der Waals surface area contributed by atoms with Gasteiger partial charge < -0.3 is 19.2 Å². The van der Waals surface area contributed by atoms with Crippen LogP contribution in [0, 0.1) is 0 Å². The van der Waals surface area contributed by atoms with Gasteiger partial charge in [0.05, 0.1) is 22.6 Å². The van der Waals surface area contributed by atoms with Crippen molar-refractivity contribution in [2.24, 2.45) is 0 Å². The minimum Gasteiger partial charge on any atom is -0.486 e. The molecule has 1 N–H and O–H groups in total. The van der Waals surface area contributed by atoms with Crippen molar-refractivity contribution in [3.63, 3.8) is 0 Å². The lowest BCUT2D eigenvalue weighted by Crippen LogP contribution is -2.32. The number of sulfonamides is 1. The van der Waals surface area contributed by atoms with E-state index in [9.17, 15) is 18.0 Å². The number of carbonyl (C=O) groups excluding carboxylic acids is 1. The standard InChI is InChI=1S/C28H26N2O7S/c1-2-35-28(32)20-8-10-23(11-9-20)38(33,34)30(17-19-6-4-3-5-7-19)18-22-14-21-15-25-26(37-13-12-36-25)16-24(21)29-27(22)31/h3-11,14-16H,2,12-13,17-18H2,1H3,(H,29,31). The first-order valence-electron chi connectivity index (χ1n) is 12.1. The molecule has 38 heavy (non-hydrogen) atoms. The SMILES string of the molecule is CCOC(=O)c1ccc(S(=O)(=O)N(Cc2ccccc2)Cc2cc3cc4c(cc3[nH]c2=O)OCCO4)cc1. The lowest BCUT2D eigenvalue weighted by Gasteiger charge is -2.23. The van der Waals surface area contributed by atoms with Crippen molar-refractivity contribution < 1.29 is 27.4 Å². The fourth-order valence-electron chi connectivity index (χ4n) is 4.23. The molecule has 9 nitrogen and oxygen atoms in total. The van der Waals surface area contributed by atoms with Crippen LogP contribution >= 0.6 is 0 Å². The first-order chi connectivity index (χ1) is 18.3. The van der Waals surface area contributed by atoms with E-state index in [1.165, 1.54) is 28.6 Å². The lowest BCUT2D eigenvalue weighted by atomic mass is 10.1. The molecule has 0 spiro atoms. The molecule has 0 aliphatic carbocycles. The van der Waals surface area contributed by atoms with E-state index in [1.54, 1.807) is 25.1 Å². The number of fused-ring (bicyclic) bond motifs is 2. The maximum Gasteiger partial charge on any atom is 0.338 e. The third-order valence-electron chi connectivity index (χ3n) is 6.14. The van der Waals surface area contributed by atoms with Gasteiger partial charge in [-0.1, -0.05) is 30.3 Å². The van der Waals surface area contributed by atoms with Crippen LogP contribution in [0.3, 0.4) is 0 Å². The zero-order valence-corrected chi connectivity index (χ0v) is 21.5. The van der Waals surface area contributed by atoms with Crippen LogP contribution in [0.1, 0.15) is 28.4 Å². The number of ether oxygens (including phenoxy) is 3. The summed E-state index contributed by atoms with van der Waals surface area (Å²) in [6.07, 6.45) is 0. The minimum atomic E-state index is -4.05. The molecule has 0 radical (unpaired) electrons. The third-order valence-corrected chi connectivity index (χ3v) is 7.94. The van der Waals surface area contributed by atoms with Crippen molar-refractivity contribution in [3.8, 4) is 11.5 Å². The maximum atomic E-state index is 13.8. The number of hydrogen-bond acceptors (Lipinski definition) is 7. The molecule has 1 aromatic heterocycles. The smallest absolute Gasteiger partial charge is 0.338 e. The molecule has 0 atom stereocenters. The summed E-state index contributed by atoms with van der Waals surface area (Å²) >= 11 is 0. The first-order valence-corrected chi connectivity index (χ1v) is 13.6. The van der Waals surface area contributed by atoms with Crippen molar-refractivity contribution >= 4 is 26.9 Å². The first kappa shape index (κ1) is 25.5. The molecule has 4 aromatic rings. The van der Waals surface area contributed by atoms with E-state index in [0.717, 1.165) is 5.56 Å². The van der Waals surface area contributed by atoms with Gasteiger partial charge in [-0.15, -0.1) is 0 Å². The second kappa shape index (κ2) is 10.7. The summed E-state index contributed by atoms with van der Waals surface area (Å²) in [6, 6.07) is 19.8. The molecule has 1 aliphatic rings. The Labute approximate surface area is 219 Å². The second-order valence-electron chi connectivity index (χ2n) is 8.71. The molecule has 0 amide bonds. The monoisotopic (exact) mass is 534 g/mol. The number of pyridine rings is 1. The van der Waals surface area contributed by atoms with Gasteiger partial charge in [-0.25, -0.2) is 13.2 Å². The van der Waals surface area contributed by atoms with Gasteiger partial charge in [0, 0.05) is 30.1 Å². The molecule has 0 saturated carbocycles. The highest BCUT2D eigenvalue weighted by Gasteiger charge is 2.27. The highest BCUT2D eigenvalue weighted by atomic mass is 32.2. The van der Waals surface area contributed by atoms with E-state index in [-0.39, 0.29) is 35.7 Å². The topological polar surface area (TPSA) is 115 Å². The average Bonchev–Trinajstić information content (AvgIpc) is 2.93. The van der Waals surface area contributed by atoms with Gasteiger partial charge in [-0.2, -0.15) is 4.31 Å². The molecule has 196 valence electrons. The summed E-state index contributed by atoms with van der Waals surface area (Å²) in [7, 11) is -4.05. The Balaban J connectivity index is 1.51. The second-order valence-corrected chi connectivity index (χ2v) is 10.6. The Kier molecular flexibility index (Phi) is 7.17. The number of nitrogens with one attached hydrogen (secondary N) is 1. The predicted octanol–water partition coefficient (Wildman–Crippen LogP) is 3.87. The van der Waals surface area contributed by atoms with Crippen molar-refractivity contribution in [3.05, 3.63) is 99.8 Å².